The average Bonchev–Trinajstić information content (AvgIpc) is 2.12. The highest BCUT2D eigenvalue weighted by atomic mass is 79.9. The summed E-state index contributed by atoms with van der Waals surface area (Å²) in [7, 11) is 0. The van der Waals surface area contributed by atoms with Crippen molar-refractivity contribution in [3.05, 3.63) is 33.3 Å². The number of hydrogen-bond donors (Lipinski definition) is 0. The van der Waals surface area contributed by atoms with Gasteiger partial charge in [-0.15, -0.1) is 0 Å². The van der Waals surface area contributed by atoms with Gasteiger partial charge in [-0.2, -0.15) is 0 Å². The number of carbonyl (C=O) groups excluding carboxylic acids is 1. The number of hydrogen-bond acceptors (Lipinski definition) is 2. The van der Waals surface area contributed by atoms with E-state index in [1.807, 2.05) is 6.07 Å². The van der Waals surface area contributed by atoms with Crippen molar-refractivity contribution >= 4 is 33.5 Å². The van der Waals surface area contributed by atoms with Crippen LogP contribution in [-0.2, 0) is 16.0 Å². The molecule has 0 N–H and O–H groups in total. The van der Waals surface area contributed by atoms with Gasteiger partial charge in [-0.05, 0) is 30.7 Å². The Kier molecular flexibility index (Phi) is 4.42. The molecule has 0 aromatic heterocycles. The lowest BCUT2D eigenvalue weighted by Gasteiger charge is -2.04. The molecule has 4 heteroatoms. The van der Waals surface area contributed by atoms with Gasteiger partial charge in [-0.1, -0.05) is 27.5 Å². The van der Waals surface area contributed by atoms with Crippen LogP contribution in [0.1, 0.15) is 12.5 Å². The summed E-state index contributed by atoms with van der Waals surface area (Å²) in [5, 5.41) is 0.618. The van der Waals surface area contributed by atoms with Crippen LogP contribution >= 0.6 is 27.5 Å². The van der Waals surface area contributed by atoms with Gasteiger partial charge in [0.2, 0.25) is 0 Å². The van der Waals surface area contributed by atoms with Gasteiger partial charge in [0.1, 0.15) is 0 Å². The third kappa shape index (κ3) is 3.31. The first-order chi connectivity index (χ1) is 6.63. The molecule has 1 aromatic carbocycles. The molecule has 0 saturated carbocycles. The Hall–Kier alpha value is -0.540. The lowest BCUT2D eigenvalue weighted by molar-refractivity contribution is -0.142. The lowest BCUT2D eigenvalue weighted by Crippen LogP contribution is -2.07. The van der Waals surface area contributed by atoms with Crippen molar-refractivity contribution in [2.75, 3.05) is 6.61 Å². The minimum Gasteiger partial charge on any atom is -0.466 e. The van der Waals surface area contributed by atoms with Gasteiger partial charge < -0.3 is 4.74 Å². The zero-order chi connectivity index (χ0) is 10.6. The molecule has 0 aliphatic rings. The van der Waals surface area contributed by atoms with Gasteiger partial charge in [-0.25, -0.2) is 0 Å². The van der Waals surface area contributed by atoms with Crippen LogP contribution in [0.4, 0.5) is 0 Å². The van der Waals surface area contributed by atoms with Gasteiger partial charge in [0.25, 0.3) is 0 Å². The smallest absolute Gasteiger partial charge is 0.310 e. The fourth-order valence-corrected chi connectivity index (χ4v) is 1.63. The molecule has 1 aromatic rings. The Balaban J connectivity index is 2.75. The van der Waals surface area contributed by atoms with Gasteiger partial charge in [-0.3, -0.25) is 4.79 Å². The van der Waals surface area contributed by atoms with Crippen molar-refractivity contribution in [2.45, 2.75) is 13.3 Å². The van der Waals surface area contributed by atoms with Gasteiger partial charge >= 0.3 is 5.97 Å². The molecule has 0 radical (unpaired) electrons. The van der Waals surface area contributed by atoms with Gasteiger partial charge in [0.05, 0.1) is 13.0 Å². The topological polar surface area (TPSA) is 26.3 Å². The van der Waals surface area contributed by atoms with E-state index in [9.17, 15) is 4.79 Å². The molecule has 0 heterocycles. The van der Waals surface area contributed by atoms with Crippen LogP contribution in [0.5, 0.6) is 0 Å². The molecular formula is C10H10BrClO2. The minimum atomic E-state index is -0.240. The summed E-state index contributed by atoms with van der Waals surface area (Å²) < 4.78 is 5.71. The summed E-state index contributed by atoms with van der Waals surface area (Å²) in [6, 6.07) is 5.33. The summed E-state index contributed by atoms with van der Waals surface area (Å²) in [5.41, 5.74) is 0.843. The minimum absolute atomic E-state index is 0.240. The Labute approximate surface area is 96.3 Å². The fraction of sp³-hybridized carbons (Fsp3) is 0.300. The predicted molar refractivity (Wildman–Crippen MR) is 59.5 cm³/mol. The number of rotatable bonds is 3. The van der Waals surface area contributed by atoms with Crippen LogP contribution in [0.15, 0.2) is 22.7 Å². The van der Waals surface area contributed by atoms with E-state index in [1.165, 1.54) is 0 Å². The first-order valence-electron chi connectivity index (χ1n) is 4.23. The molecule has 2 nitrogen and oxygen atoms in total. The molecule has 14 heavy (non-hydrogen) atoms. The third-order valence-electron chi connectivity index (χ3n) is 1.65. The van der Waals surface area contributed by atoms with E-state index in [1.54, 1.807) is 19.1 Å². The number of esters is 1. The average molecular weight is 278 g/mol. The van der Waals surface area contributed by atoms with E-state index in [4.69, 9.17) is 16.3 Å². The maximum atomic E-state index is 11.2. The zero-order valence-electron chi connectivity index (χ0n) is 7.72. The predicted octanol–water partition coefficient (Wildman–Crippen LogP) is 3.21. The largest absolute Gasteiger partial charge is 0.466 e. The molecular weight excluding hydrogens is 267 g/mol. The van der Waals surface area contributed by atoms with E-state index in [2.05, 4.69) is 15.9 Å². The zero-order valence-corrected chi connectivity index (χ0v) is 10.1. The van der Waals surface area contributed by atoms with Crippen molar-refractivity contribution in [3.8, 4) is 0 Å². The normalized spacial score (nSPS) is 9.93. The second-order valence-corrected chi connectivity index (χ2v) is 4.01. The summed E-state index contributed by atoms with van der Waals surface area (Å²) >= 11 is 9.15. The van der Waals surface area contributed by atoms with E-state index in [-0.39, 0.29) is 12.4 Å². The quantitative estimate of drug-likeness (QED) is 0.793. The fourth-order valence-electron chi connectivity index (χ4n) is 1.05. The summed E-state index contributed by atoms with van der Waals surface area (Å²) in [6.07, 6.45) is 0.245. The van der Waals surface area contributed by atoms with Gasteiger partial charge in [0.15, 0.2) is 0 Å². The number of ether oxygens (including phenoxy) is 1. The van der Waals surface area contributed by atoms with Crippen LogP contribution in [0.25, 0.3) is 0 Å². The van der Waals surface area contributed by atoms with Crippen molar-refractivity contribution in [3.63, 3.8) is 0 Å². The highest BCUT2D eigenvalue weighted by molar-refractivity contribution is 9.10. The van der Waals surface area contributed by atoms with Crippen LogP contribution in [0, 0.1) is 0 Å². The second kappa shape index (κ2) is 5.37. The number of benzene rings is 1. The molecule has 0 atom stereocenters. The Morgan fingerprint density at radius 3 is 2.93 bits per heavy atom. The Morgan fingerprint density at radius 2 is 2.29 bits per heavy atom. The highest BCUT2D eigenvalue weighted by Gasteiger charge is 2.07. The molecule has 0 bridgehead atoms. The van der Waals surface area contributed by atoms with Crippen molar-refractivity contribution < 1.29 is 9.53 Å². The van der Waals surface area contributed by atoms with Crippen LogP contribution in [0.2, 0.25) is 5.02 Å². The summed E-state index contributed by atoms with van der Waals surface area (Å²) in [6.45, 7) is 2.18. The molecule has 0 saturated heterocycles. The van der Waals surface area contributed by atoms with E-state index in [0.717, 1.165) is 10.0 Å². The molecule has 0 aliphatic heterocycles. The van der Waals surface area contributed by atoms with E-state index >= 15 is 0 Å². The monoisotopic (exact) mass is 276 g/mol. The maximum Gasteiger partial charge on any atom is 0.310 e. The van der Waals surface area contributed by atoms with Crippen molar-refractivity contribution in [1.29, 1.82) is 0 Å². The van der Waals surface area contributed by atoms with Crippen LogP contribution in [0.3, 0.4) is 0 Å². The van der Waals surface area contributed by atoms with Crippen molar-refractivity contribution in [1.82, 2.24) is 0 Å². The molecule has 0 spiro atoms. The number of halogens is 2. The maximum absolute atomic E-state index is 11.2. The SMILES string of the molecule is CCOC(=O)Cc1cc(Cl)ccc1Br. The third-order valence-corrected chi connectivity index (χ3v) is 2.66. The molecule has 76 valence electrons. The van der Waals surface area contributed by atoms with Gasteiger partial charge in [0, 0.05) is 9.50 Å². The lowest BCUT2D eigenvalue weighted by atomic mass is 10.1. The summed E-state index contributed by atoms with van der Waals surface area (Å²) in [5.74, 6) is -0.240. The molecule has 0 aliphatic carbocycles. The molecule has 0 fully saturated rings. The van der Waals surface area contributed by atoms with Crippen LogP contribution < -0.4 is 0 Å². The highest BCUT2D eigenvalue weighted by Crippen LogP contribution is 2.21. The van der Waals surface area contributed by atoms with Crippen molar-refractivity contribution in [2.24, 2.45) is 0 Å². The van der Waals surface area contributed by atoms with E-state index in [0.29, 0.717) is 11.6 Å². The van der Waals surface area contributed by atoms with E-state index < -0.39 is 0 Å². The first-order valence-corrected chi connectivity index (χ1v) is 5.40. The molecule has 0 amide bonds. The molecule has 0 unspecified atom stereocenters. The first kappa shape index (κ1) is 11.5. The Morgan fingerprint density at radius 1 is 1.57 bits per heavy atom. The van der Waals surface area contributed by atoms with Crippen LogP contribution in [-0.4, -0.2) is 12.6 Å². The standard InChI is InChI=1S/C10H10BrClO2/c1-2-14-10(13)6-7-5-8(12)3-4-9(7)11/h3-5H,2,6H2,1H3. The summed E-state index contributed by atoms with van der Waals surface area (Å²) in [4.78, 5) is 11.2. The second-order valence-electron chi connectivity index (χ2n) is 2.72. The Bertz CT molecular complexity index is 339. The number of carbonyl (C=O) groups is 1. The molecule has 1 rings (SSSR count).